The Labute approximate surface area is 145 Å². The van der Waals surface area contributed by atoms with Gasteiger partial charge in [0.1, 0.15) is 5.75 Å². The van der Waals surface area contributed by atoms with E-state index >= 15 is 0 Å². The van der Waals surface area contributed by atoms with E-state index in [-0.39, 0.29) is 11.5 Å². The lowest BCUT2D eigenvalue weighted by Crippen LogP contribution is -2.52. The summed E-state index contributed by atoms with van der Waals surface area (Å²) in [5.74, 6) is 0.704. The van der Waals surface area contributed by atoms with Gasteiger partial charge < -0.3 is 10.1 Å². The lowest BCUT2D eigenvalue weighted by atomic mass is 9.75. The number of benzene rings is 1. The number of piperidine rings is 2. The zero-order chi connectivity index (χ0) is 17.2. The predicted molar refractivity (Wildman–Crippen MR) is 94.7 cm³/mol. The molecule has 24 heavy (non-hydrogen) atoms. The van der Waals surface area contributed by atoms with Crippen LogP contribution >= 0.6 is 0 Å². The molecule has 1 atom stereocenters. The topological polar surface area (TPSA) is 58.6 Å². The van der Waals surface area contributed by atoms with Gasteiger partial charge in [0.25, 0.3) is 0 Å². The van der Waals surface area contributed by atoms with Gasteiger partial charge in [0.05, 0.1) is 11.0 Å². The first-order valence-electron chi connectivity index (χ1n) is 8.89. The Kier molecular flexibility index (Phi) is 5.18. The van der Waals surface area contributed by atoms with Gasteiger partial charge >= 0.3 is 0 Å². The first-order chi connectivity index (χ1) is 11.4. The third-order valence-electron chi connectivity index (χ3n) is 5.02. The second-order valence-electron chi connectivity index (χ2n) is 7.36. The van der Waals surface area contributed by atoms with Crippen molar-refractivity contribution < 1.29 is 13.2 Å². The quantitative estimate of drug-likeness (QED) is 0.905. The average Bonchev–Trinajstić information content (AvgIpc) is 2.55. The molecule has 1 aromatic rings. The van der Waals surface area contributed by atoms with Crippen LogP contribution in [0.5, 0.6) is 5.75 Å². The molecule has 6 heteroatoms. The van der Waals surface area contributed by atoms with E-state index in [9.17, 15) is 8.42 Å². The molecule has 2 fully saturated rings. The van der Waals surface area contributed by atoms with Gasteiger partial charge in [0.2, 0.25) is 10.0 Å². The monoisotopic (exact) mass is 352 g/mol. The molecule has 5 nitrogen and oxygen atoms in total. The molecule has 1 N–H and O–H groups in total. The number of nitrogens with one attached hydrogen (secondary N) is 1. The third-order valence-corrected chi connectivity index (χ3v) is 6.88. The molecule has 134 valence electrons. The minimum atomic E-state index is -3.43. The molecular formula is C18H28N2O3S. The number of nitrogens with zero attached hydrogens (tertiary/aromatic N) is 1. The van der Waals surface area contributed by atoms with Gasteiger partial charge in [-0.2, -0.15) is 4.31 Å². The van der Waals surface area contributed by atoms with Crippen LogP contribution in [0.1, 0.15) is 39.5 Å². The number of hydrogen-bond donors (Lipinski definition) is 1. The normalized spacial score (nSPS) is 26.0. The van der Waals surface area contributed by atoms with Crippen LogP contribution in [0.4, 0.5) is 0 Å². The zero-order valence-electron chi connectivity index (χ0n) is 14.6. The maximum atomic E-state index is 13.0. The fourth-order valence-electron chi connectivity index (χ4n) is 3.86. The highest BCUT2D eigenvalue weighted by Gasteiger charge is 2.40. The summed E-state index contributed by atoms with van der Waals surface area (Å²) in [4.78, 5) is 0.361. The molecule has 3 rings (SSSR count). The minimum Gasteiger partial charge on any atom is -0.491 e. The van der Waals surface area contributed by atoms with Crippen molar-refractivity contribution in [2.75, 3.05) is 26.2 Å². The molecule has 0 aliphatic carbocycles. The summed E-state index contributed by atoms with van der Waals surface area (Å²) >= 11 is 0. The average molecular weight is 353 g/mol. The van der Waals surface area contributed by atoms with Crippen molar-refractivity contribution in [3.8, 4) is 5.75 Å². The van der Waals surface area contributed by atoms with E-state index in [1.165, 1.54) is 0 Å². The summed E-state index contributed by atoms with van der Waals surface area (Å²) in [6.07, 6.45) is 4.39. The fourth-order valence-corrected chi connectivity index (χ4v) is 5.45. The first kappa shape index (κ1) is 17.7. The van der Waals surface area contributed by atoms with Gasteiger partial charge in [-0.05, 0) is 75.8 Å². The summed E-state index contributed by atoms with van der Waals surface area (Å²) < 4.78 is 33.3. The summed E-state index contributed by atoms with van der Waals surface area (Å²) in [7, 11) is -3.43. The molecule has 0 radical (unpaired) electrons. The van der Waals surface area contributed by atoms with E-state index in [1.54, 1.807) is 28.6 Å². The number of rotatable bonds is 4. The summed E-state index contributed by atoms with van der Waals surface area (Å²) in [5, 5.41) is 3.44. The van der Waals surface area contributed by atoms with E-state index in [4.69, 9.17) is 4.74 Å². The maximum absolute atomic E-state index is 13.0. The lowest BCUT2D eigenvalue weighted by Gasteiger charge is -2.44. The van der Waals surface area contributed by atoms with Crippen molar-refractivity contribution in [3.63, 3.8) is 0 Å². The summed E-state index contributed by atoms with van der Waals surface area (Å²) in [6.45, 7) is 7.14. The van der Waals surface area contributed by atoms with Gasteiger partial charge in [-0.15, -0.1) is 0 Å². The molecule has 2 aliphatic rings. The first-order valence-corrected chi connectivity index (χ1v) is 10.3. The van der Waals surface area contributed by atoms with E-state index in [2.05, 4.69) is 5.32 Å². The van der Waals surface area contributed by atoms with Crippen LogP contribution < -0.4 is 10.1 Å². The van der Waals surface area contributed by atoms with Crippen LogP contribution in [0.3, 0.4) is 0 Å². The smallest absolute Gasteiger partial charge is 0.243 e. The highest BCUT2D eigenvalue weighted by molar-refractivity contribution is 7.89. The second kappa shape index (κ2) is 7.02. The number of hydrogen-bond acceptors (Lipinski definition) is 4. The second-order valence-corrected chi connectivity index (χ2v) is 9.30. The SMILES string of the molecule is CC(C)Oc1ccc(S(=O)(=O)N2CCCC3(CCCNC3)C2)cc1. The summed E-state index contributed by atoms with van der Waals surface area (Å²) in [5.41, 5.74) is 0.115. The maximum Gasteiger partial charge on any atom is 0.243 e. The van der Waals surface area contributed by atoms with Gasteiger partial charge in [0, 0.05) is 19.6 Å². The molecule has 1 aromatic carbocycles. The van der Waals surface area contributed by atoms with Crippen molar-refractivity contribution in [2.24, 2.45) is 5.41 Å². The Bertz CT molecular complexity index is 644. The highest BCUT2D eigenvalue weighted by Crippen LogP contribution is 2.37. The predicted octanol–water partition coefficient (Wildman–Crippen LogP) is 2.63. The Morgan fingerprint density at radius 2 is 1.88 bits per heavy atom. The Balaban J connectivity index is 1.76. The van der Waals surface area contributed by atoms with E-state index in [0.717, 1.165) is 38.8 Å². The van der Waals surface area contributed by atoms with E-state index < -0.39 is 10.0 Å². The van der Waals surface area contributed by atoms with Crippen LogP contribution in [-0.4, -0.2) is 45.0 Å². The van der Waals surface area contributed by atoms with Crippen molar-refractivity contribution in [1.29, 1.82) is 0 Å². The number of ether oxygens (including phenoxy) is 1. The van der Waals surface area contributed by atoms with E-state index in [0.29, 0.717) is 23.7 Å². The minimum absolute atomic E-state index is 0.0770. The van der Waals surface area contributed by atoms with Gasteiger partial charge in [-0.1, -0.05) is 0 Å². The Hall–Kier alpha value is -1.11. The molecule has 2 aliphatic heterocycles. The molecule has 0 aromatic heterocycles. The molecule has 2 saturated heterocycles. The Morgan fingerprint density at radius 1 is 1.17 bits per heavy atom. The summed E-state index contributed by atoms with van der Waals surface area (Å²) in [6, 6.07) is 6.81. The lowest BCUT2D eigenvalue weighted by molar-refractivity contribution is 0.110. The molecule has 0 amide bonds. The van der Waals surface area contributed by atoms with Crippen LogP contribution in [0.25, 0.3) is 0 Å². The molecule has 0 saturated carbocycles. The van der Waals surface area contributed by atoms with Crippen LogP contribution in [0.15, 0.2) is 29.2 Å². The van der Waals surface area contributed by atoms with Crippen molar-refractivity contribution in [1.82, 2.24) is 9.62 Å². The standard InChI is InChI=1S/C18H28N2O3S/c1-15(2)23-16-5-7-17(8-6-16)24(21,22)20-12-4-10-18(14-20)9-3-11-19-13-18/h5-8,15,19H,3-4,9-14H2,1-2H3. The van der Waals surface area contributed by atoms with Gasteiger partial charge in [-0.3, -0.25) is 0 Å². The molecule has 1 unspecified atom stereocenters. The highest BCUT2D eigenvalue weighted by atomic mass is 32.2. The van der Waals surface area contributed by atoms with Crippen LogP contribution in [-0.2, 0) is 10.0 Å². The van der Waals surface area contributed by atoms with Gasteiger partial charge in [0.15, 0.2) is 0 Å². The molecular weight excluding hydrogens is 324 g/mol. The number of sulfonamides is 1. The van der Waals surface area contributed by atoms with Crippen LogP contribution in [0.2, 0.25) is 0 Å². The Morgan fingerprint density at radius 3 is 2.50 bits per heavy atom. The molecule has 2 heterocycles. The zero-order valence-corrected chi connectivity index (χ0v) is 15.4. The van der Waals surface area contributed by atoms with Crippen LogP contribution in [0, 0.1) is 5.41 Å². The molecule has 0 bridgehead atoms. The van der Waals surface area contributed by atoms with E-state index in [1.807, 2.05) is 13.8 Å². The fraction of sp³-hybridized carbons (Fsp3) is 0.667. The van der Waals surface area contributed by atoms with Crippen molar-refractivity contribution >= 4 is 10.0 Å². The third kappa shape index (κ3) is 3.76. The molecule has 1 spiro atoms. The largest absolute Gasteiger partial charge is 0.491 e. The van der Waals surface area contributed by atoms with Crippen molar-refractivity contribution in [2.45, 2.75) is 50.5 Å². The van der Waals surface area contributed by atoms with Gasteiger partial charge in [-0.25, -0.2) is 8.42 Å². The van der Waals surface area contributed by atoms with Crippen molar-refractivity contribution in [3.05, 3.63) is 24.3 Å².